The number of ether oxygens (including phenoxy) is 1. The first-order valence-corrected chi connectivity index (χ1v) is 6.50. The fourth-order valence-electron chi connectivity index (χ4n) is 1.64. The van der Waals surface area contributed by atoms with Gasteiger partial charge in [0.05, 0.1) is 16.6 Å². The van der Waals surface area contributed by atoms with Gasteiger partial charge in [0.15, 0.2) is 0 Å². The Labute approximate surface area is 119 Å². The van der Waals surface area contributed by atoms with Gasteiger partial charge in [-0.2, -0.15) is 0 Å². The lowest BCUT2D eigenvalue weighted by atomic mass is 10.2. The van der Waals surface area contributed by atoms with Crippen LogP contribution in [0.4, 0.5) is 0 Å². The van der Waals surface area contributed by atoms with Gasteiger partial charge < -0.3 is 14.4 Å². The topological polar surface area (TPSA) is 64.4 Å². The molecule has 0 spiro atoms. The molecule has 0 bridgehead atoms. The highest BCUT2D eigenvalue weighted by molar-refractivity contribution is 9.10. The number of rotatable bonds is 5. The van der Waals surface area contributed by atoms with Crippen LogP contribution in [0.15, 0.2) is 35.1 Å². The lowest BCUT2D eigenvalue weighted by Crippen LogP contribution is -2.09. The summed E-state index contributed by atoms with van der Waals surface area (Å²) >= 11 is 3.30. The van der Waals surface area contributed by atoms with E-state index in [1.807, 2.05) is 17.7 Å². The molecule has 0 aliphatic heterocycles. The standard InChI is InChI=1S/C13H13BrN2O3/c1-9-15-4-5-16(9)6-7-19-12-3-2-10(13(17)18)8-11(12)14/h2-5,8H,6-7H2,1H3,(H,17,18). The molecule has 0 saturated carbocycles. The van der Waals surface area contributed by atoms with Gasteiger partial charge in [0.2, 0.25) is 0 Å². The van der Waals surface area contributed by atoms with E-state index in [0.29, 0.717) is 23.4 Å². The van der Waals surface area contributed by atoms with E-state index in [-0.39, 0.29) is 5.56 Å². The Hall–Kier alpha value is -1.82. The maximum absolute atomic E-state index is 10.8. The Balaban J connectivity index is 1.96. The molecule has 2 aromatic rings. The number of aromatic carboxylic acids is 1. The summed E-state index contributed by atoms with van der Waals surface area (Å²) < 4.78 is 8.23. The molecule has 100 valence electrons. The van der Waals surface area contributed by atoms with Crippen LogP contribution in [-0.4, -0.2) is 27.2 Å². The zero-order chi connectivity index (χ0) is 13.8. The van der Waals surface area contributed by atoms with Crippen molar-refractivity contribution in [1.29, 1.82) is 0 Å². The molecule has 1 aromatic heterocycles. The first-order valence-electron chi connectivity index (χ1n) is 5.71. The van der Waals surface area contributed by atoms with Gasteiger partial charge in [0.25, 0.3) is 0 Å². The first kappa shape index (κ1) is 13.6. The average molecular weight is 325 g/mol. The molecule has 1 N–H and O–H groups in total. The van der Waals surface area contributed by atoms with Crippen molar-refractivity contribution in [3.05, 3.63) is 46.5 Å². The summed E-state index contributed by atoms with van der Waals surface area (Å²) in [4.78, 5) is 14.9. The number of aromatic nitrogens is 2. The molecule has 6 heteroatoms. The highest BCUT2D eigenvalue weighted by atomic mass is 79.9. The van der Waals surface area contributed by atoms with Crippen molar-refractivity contribution in [2.24, 2.45) is 0 Å². The van der Waals surface area contributed by atoms with E-state index in [2.05, 4.69) is 20.9 Å². The Morgan fingerprint density at radius 2 is 2.32 bits per heavy atom. The molecule has 1 aromatic carbocycles. The number of hydrogen-bond donors (Lipinski definition) is 1. The van der Waals surface area contributed by atoms with Crippen LogP contribution in [0, 0.1) is 6.92 Å². The molecule has 19 heavy (non-hydrogen) atoms. The van der Waals surface area contributed by atoms with Crippen molar-refractivity contribution in [2.75, 3.05) is 6.61 Å². The van der Waals surface area contributed by atoms with E-state index in [9.17, 15) is 4.79 Å². The van der Waals surface area contributed by atoms with E-state index >= 15 is 0 Å². The van der Waals surface area contributed by atoms with E-state index in [1.54, 1.807) is 12.3 Å². The maximum atomic E-state index is 10.8. The molecular formula is C13H13BrN2O3. The molecule has 0 atom stereocenters. The van der Waals surface area contributed by atoms with E-state index in [1.165, 1.54) is 12.1 Å². The predicted octanol–water partition coefficient (Wildman–Crippen LogP) is 2.73. The highest BCUT2D eigenvalue weighted by Gasteiger charge is 2.07. The minimum Gasteiger partial charge on any atom is -0.491 e. The second-order valence-corrected chi connectivity index (χ2v) is 4.82. The van der Waals surface area contributed by atoms with Crippen LogP contribution < -0.4 is 4.74 Å². The number of imidazole rings is 1. The Morgan fingerprint density at radius 3 is 2.89 bits per heavy atom. The van der Waals surface area contributed by atoms with Gasteiger partial charge in [-0.15, -0.1) is 0 Å². The summed E-state index contributed by atoms with van der Waals surface area (Å²) in [5, 5.41) is 8.86. The van der Waals surface area contributed by atoms with Crippen LogP contribution in [0.2, 0.25) is 0 Å². The van der Waals surface area contributed by atoms with Gasteiger partial charge >= 0.3 is 5.97 Å². The zero-order valence-electron chi connectivity index (χ0n) is 10.3. The summed E-state index contributed by atoms with van der Waals surface area (Å²) in [5.41, 5.74) is 0.227. The van der Waals surface area contributed by atoms with Crippen molar-refractivity contribution in [1.82, 2.24) is 9.55 Å². The van der Waals surface area contributed by atoms with E-state index in [0.717, 1.165) is 5.82 Å². The lowest BCUT2D eigenvalue weighted by molar-refractivity contribution is 0.0697. The van der Waals surface area contributed by atoms with E-state index in [4.69, 9.17) is 9.84 Å². The number of carboxylic acid groups (broad SMARTS) is 1. The molecule has 2 rings (SSSR count). The highest BCUT2D eigenvalue weighted by Crippen LogP contribution is 2.26. The Bertz CT molecular complexity index is 595. The molecular weight excluding hydrogens is 312 g/mol. The van der Waals surface area contributed by atoms with E-state index < -0.39 is 5.97 Å². The molecule has 0 aliphatic rings. The fourth-order valence-corrected chi connectivity index (χ4v) is 2.14. The van der Waals surface area contributed by atoms with Gasteiger partial charge in [-0.1, -0.05) is 0 Å². The fraction of sp³-hybridized carbons (Fsp3) is 0.231. The molecule has 0 radical (unpaired) electrons. The number of benzene rings is 1. The molecule has 1 heterocycles. The zero-order valence-corrected chi connectivity index (χ0v) is 11.9. The molecule has 0 saturated heterocycles. The number of halogens is 1. The van der Waals surface area contributed by atoms with Crippen LogP contribution in [0.1, 0.15) is 16.2 Å². The third-order valence-electron chi connectivity index (χ3n) is 2.69. The SMILES string of the molecule is Cc1nccn1CCOc1ccc(C(=O)O)cc1Br. The summed E-state index contributed by atoms with van der Waals surface area (Å²) in [6.45, 7) is 3.11. The van der Waals surface area contributed by atoms with Gasteiger partial charge in [-0.25, -0.2) is 9.78 Å². The van der Waals surface area contributed by atoms with Crippen molar-refractivity contribution < 1.29 is 14.6 Å². The second-order valence-electron chi connectivity index (χ2n) is 3.97. The molecule has 0 unspecified atom stereocenters. The third-order valence-corrected chi connectivity index (χ3v) is 3.31. The largest absolute Gasteiger partial charge is 0.491 e. The van der Waals surface area contributed by atoms with Crippen molar-refractivity contribution in [2.45, 2.75) is 13.5 Å². The van der Waals surface area contributed by atoms with Gasteiger partial charge in [0.1, 0.15) is 18.2 Å². The van der Waals surface area contributed by atoms with Crippen LogP contribution in [-0.2, 0) is 6.54 Å². The third kappa shape index (κ3) is 3.35. The summed E-state index contributed by atoms with van der Waals surface area (Å²) in [6.07, 6.45) is 3.63. The predicted molar refractivity (Wildman–Crippen MR) is 73.6 cm³/mol. The quantitative estimate of drug-likeness (QED) is 0.918. The summed E-state index contributed by atoms with van der Waals surface area (Å²) in [5.74, 6) is 0.605. The van der Waals surface area contributed by atoms with Crippen molar-refractivity contribution in [3.63, 3.8) is 0 Å². The van der Waals surface area contributed by atoms with Crippen LogP contribution in [0.25, 0.3) is 0 Å². The van der Waals surface area contributed by atoms with Gasteiger partial charge in [-0.3, -0.25) is 0 Å². The summed E-state index contributed by atoms with van der Waals surface area (Å²) in [7, 11) is 0. The minimum atomic E-state index is -0.957. The normalized spacial score (nSPS) is 10.4. The van der Waals surface area contributed by atoms with Gasteiger partial charge in [0, 0.05) is 12.4 Å². The van der Waals surface area contributed by atoms with Gasteiger partial charge in [-0.05, 0) is 41.1 Å². The number of hydrogen-bond acceptors (Lipinski definition) is 3. The minimum absolute atomic E-state index is 0.227. The van der Waals surface area contributed by atoms with Crippen molar-refractivity contribution >= 4 is 21.9 Å². The van der Waals surface area contributed by atoms with Crippen LogP contribution in [0.5, 0.6) is 5.75 Å². The maximum Gasteiger partial charge on any atom is 0.335 e. The summed E-state index contributed by atoms with van der Waals surface area (Å²) in [6, 6.07) is 4.69. The Morgan fingerprint density at radius 1 is 1.53 bits per heavy atom. The van der Waals surface area contributed by atoms with Crippen LogP contribution >= 0.6 is 15.9 Å². The second kappa shape index (κ2) is 5.88. The smallest absolute Gasteiger partial charge is 0.335 e. The first-order chi connectivity index (χ1) is 9.08. The number of carboxylic acids is 1. The molecule has 5 nitrogen and oxygen atoms in total. The number of aryl methyl sites for hydroxylation is 1. The molecule has 0 amide bonds. The number of nitrogens with zero attached hydrogens (tertiary/aromatic N) is 2. The lowest BCUT2D eigenvalue weighted by Gasteiger charge is -2.10. The van der Waals surface area contributed by atoms with Crippen LogP contribution in [0.3, 0.4) is 0 Å². The average Bonchev–Trinajstić information content (AvgIpc) is 2.77. The Kier molecular flexibility index (Phi) is 4.21. The molecule has 0 aliphatic carbocycles. The monoisotopic (exact) mass is 324 g/mol. The molecule has 0 fully saturated rings. The number of carbonyl (C=O) groups is 1. The van der Waals surface area contributed by atoms with Crippen molar-refractivity contribution in [3.8, 4) is 5.75 Å².